The maximum Gasteiger partial charge on any atom is 0.122 e. The van der Waals surface area contributed by atoms with Crippen molar-refractivity contribution in [2.24, 2.45) is 5.73 Å². The van der Waals surface area contributed by atoms with Gasteiger partial charge in [0.25, 0.3) is 0 Å². The predicted molar refractivity (Wildman–Crippen MR) is 77.2 cm³/mol. The van der Waals surface area contributed by atoms with Crippen LogP contribution in [-0.2, 0) is 12.0 Å². The molecule has 0 spiro atoms. The van der Waals surface area contributed by atoms with Gasteiger partial charge in [0.05, 0.1) is 24.8 Å². The normalized spacial score (nSPS) is 11.6. The summed E-state index contributed by atoms with van der Waals surface area (Å²) in [5.74, 6) is 0.904. The fourth-order valence-corrected chi connectivity index (χ4v) is 2.17. The van der Waals surface area contributed by atoms with Crippen LogP contribution < -0.4 is 10.5 Å². The molecule has 0 fully saturated rings. The van der Waals surface area contributed by atoms with Gasteiger partial charge in [-0.3, -0.25) is 0 Å². The van der Waals surface area contributed by atoms with E-state index < -0.39 is 0 Å². The third-order valence-electron chi connectivity index (χ3n) is 3.20. The summed E-state index contributed by atoms with van der Waals surface area (Å²) in [6, 6.07) is 6.14. The largest absolute Gasteiger partial charge is 0.496 e. The van der Waals surface area contributed by atoms with Crippen LogP contribution in [0, 0.1) is 0 Å². The lowest BCUT2D eigenvalue weighted by molar-refractivity contribution is 0.397. The molecule has 0 bridgehead atoms. The standard InChI is InChI=1S/C15H21N3O/c1-15(2,3)11-7-10(5-6-13(11)19-4)14-12(8-16)17-9-18-14/h5-7,9H,8,16H2,1-4H3,(H,17,18). The maximum atomic E-state index is 5.72. The molecule has 0 unspecified atom stereocenters. The van der Waals surface area contributed by atoms with Gasteiger partial charge in [0.1, 0.15) is 5.75 Å². The number of H-pyrrole nitrogens is 1. The molecule has 0 aliphatic heterocycles. The number of aromatic amines is 1. The zero-order valence-electron chi connectivity index (χ0n) is 11.9. The first-order chi connectivity index (χ1) is 8.97. The maximum absolute atomic E-state index is 5.72. The van der Waals surface area contributed by atoms with E-state index in [9.17, 15) is 0 Å². The van der Waals surface area contributed by atoms with Gasteiger partial charge in [-0.1, -0.05) is 20.8 Å². The summed E-state index contributed by atoms with van der Waals surface area (Å²) in [5.41, 5.74) is 9.82. The monoisotopic (exact) mass is 259 g/mol. The van der Waals surface area contributed by atoms with Crippen molar-refractivity contribution in [3.63, 3.8) is 0 Å². The van der Waals surface area contributed by atoms with Crippen LogP contribution in [0.15, 0.2) is 24.5 Å². The van der Waals surface area contributed by atoms with Gasteiger partial charge in [-0.25, -0.2) is 4.98 Å². The molecule has 19 heavy (non-hydrogen) atoms. The van der Waals surface area contributed by atoms with Gasteiger partial charge in [-0.15, -0.1) is 0 Å². The Kier molecular flexibility index (Phi) is 3.62. The predicted octanol–water partition coefficient (Wildman–Crippen LogP) is 2.84. The van der Waals surface area contributed by atoms with Crippen molar-refractivity contribution >= 4 is 0 Å². The molecule has 102 valence electrons. The average Bonchev–Trinajstić information content (AvgIpc) is 2.85. The van der Waals surface area contributed by atoms with Crippen LogP contribution in [-0.4, -0.2) is 17.1 Å². The van der Waals surface area contributed by atoms with Crippen molar-refractivity contribution in [2.45, 2.75) is 32.7 Å². The van der Waals surface area contributed by atoms with E-state index in [0.717, 1.165) is 22.7 Å². The number of methoxy groups -OCH3 is 1. The molecule has 0 radical (unpaired) electrons. The molecule has 0 aliphatic carbocycles. The lowest BCUT2D eigenvalue weighted by Gasteiger charge is -2.22. The first kappa shape index (κ1) is 13.6. The number of nitrogens with one attached hydrogen (secondary N) is 1. The number of rotatable bonds is 3. The Morgan fingerprint density at radius 1 is 1.32 bits per heavy atom. The van der Waals surface area contributed by atoms with Crippen LogP contribution in [0.25, 0.3) is 11.3 Å². The Bertz CT molecular complexity index is 567. The summed E-state index contributed by atoms with van der Waals surface area (Å²) in [6.07, 6.45) is 1.68. The van der Waals surface area contributed by atoms with Crippen LogP contribution in [0.3, 0.4) is 0 Å². The summed E-state index contributed by atoms with van der Waals surface area (Å²) in [5, 5.41) is 0. The van der Waals surface area contributed by atoms with Crippen LogP contribution in [0.5, 0.6) is 5.75 Å². The highest BCUT2D eigenvalue weighted by Gasteiger charge is 2.20. The van der Waals surface area contributed by atoms with E-state index in [1.807, 2.05) is 12.1 Å². The Morgan fingerprint density at radius 3 is 2.63 bits per heavy atom. The molecular weight excluding hydrogens is 238 g/mol. The van der Waals surface area contributed by atoms with Crippen molar-refractivity contribution in [1.82, 2.24) is 9.97 Å². The number of ether oxygens (including phenoxy) is 1. The van der Waals surface area contributed by atoms with E-state index in [1.54, 1.807) is 13.4 Å². The molecule has 2 aromatic rings. The average molecular weight is 259 g/mol. The molecule has 0 saturated heterocycles. The summed E-state index contributed by atoms with van der Waals surface area (Å²) in [7, 11) is 1.70. The van der Waals surface area contributed by atoms with Gasteiger partial charge in [0, 0.05) is 17.7 Å². The number of hydrogen-bond donors (Lipinski definition) is 2. The first-order valence-electron chi connectivity index (χ1n) is 6.38. The lowest BCUT2D eigenvalue weighted by Crippen LogP contribution is -2.13. The van der Waals surface area contributed by atoms with E-state index >= 15 is 0 Å². The Morgan fingerprint density at radius 2 is 2.05 bits per heavy atom. The van der Waals surface area contributed by atoms with Crippen molar-refractivity contribution in [3.8, 4) is 17.0 Å². The minimum absolute atomic E-state index is 0.0144. The SMILES string of the molecule is COc1ccc(-c2nc[nH]c2CN)cc1C(C)(C)C. The Balaban J connectivity index is 2.55. The Labute approximate surface area is 114 Å². The zero-order valence-corrected chi connectivity index (χ0v) is 11.9. The first-order valence-corrected chi connectivity index (χ1v) is 6.38. The third-order valence-corrected chi connectivity index (χ3v) is 3.20. The molecular formula is C15H21N3O. The lowest BCUT2D eigenvalue weighted by atomic mass is 9.85. The number of imidazole rings is 1. The summed E-state index contributed by atoms with van der Waals surface area (Å²) < 4.78 is 5.45. The van der Waals surface area contributed by atoms with Crippen LogP contribution in [0.2, 0.25) is 0 Å². The quantitative estimate of drug-likeness (QED) is 0.890. The molecule has 0 amide bonds. The molecule has 0 aliphatic rings. The summed E-state index contributed by atoms with van der Waals surface area (Å²) >= 11 is 0. The van der Waals surface area contributed by atoms with E-state index in [-0.39, 0.29) is 5.41 Å². The van der Waals surface area contributed by atoms with Gasteiger partial charge in [0.2, 0.25) is 0 Å². The van der Waals surface area contributed by atoms with Crippen LogP contribution in [0.1, 0.15) is 32.0 Å². The number of hydrogen-bond acceptors (Lipinski definition) is 3. The minimum Gasteiger partial charge on any atom is -0.496 e. The molecule has 2 rings (SSSR count). The fourth-order valence-electron chi connectivity index (χ4n) is 2.17. The summed E-state index contributed by atoms with van der Waals surface area (Å²) in [4.78, 5) is 7.43. The van der Waals surface area contributed by atoms with E-state index in [0.29, 0.717) is 6.54 Å². The van der Waals surface area contributed by atoms with E-state index in [1.165, 1.54) is 5.56 Å². The second-order valence-corrected chi connectivity index (χ2v) is 5.60. The van der Waals surface area contributed by atoms with Crippen molar-refractivity contribution in [2.75, 3.05) is 7.11 Å². The van der Waals surface area contributed by atoms with Crippen molar-refractivity contribution in [3.05, 3.63) is 35.8 Å². The molecule has 4 nitrogen and oxygen atoms in total. The highest BCUT2D eigenvalue weighted by molar-refractivity contribution is 5.65. The number of benzene rings is 1. The van der Waals surface area contributed by atoms with Crippen molar-refractivity contribution in [1.29, 1.82) is 0 Å². The fraction of sp³-hybridized carbons (Fsp3) is 0.400. The molecule has 1 aromatic heterocycles. The number of aromatic nitrogens is 2. The van der Waals surface area contributed by atoms with Gasteiger partial charge in [-0.2, -0.15) is 0 Å². The topological polar surface area (TPSA) is 63.9 Å². The second kappa shape index (κ2) is 5.05. The van der Waals surface area contributed by atoms with E-state index in [2.05, 4.69) is 36.8 Å². The number of nitrogens with zero attached hydrogens (tertiary/aromatic N) is 1. The molecule has 3 N–H and O–H groups in total. The van der Waals surface area contributed by atoms with Crippen molar-refractivity contribution < 1.29 is 4.74 Å². The van der Waals surface area contributed by atoms with E-state index in [4.69, 9.17) is 10.5 Å². The molecule has 1 heterocycles. The van der Waals surface area contributed by atoms with Crippen LogP contribution >= 0.6 is 0 Å². The highest BCUT2D eigenvalue weighted by Crippen LogP contribution is 2.34. The van der Waals surface area contributed by atoms with Gasteiger partial charge in [0.15, 0.2) is 0 Å². The minimum atomic E-state index is 0.0144. The van der Waals surface area contributed by atoms with Crippen LogP contribution in [0.4, 0.5) is 0 Å². The second-order valence-electron chi connectivity index (χ2n) is 5.60. The summed E-state index contributed by atoms with van der Waals surface area (Å²) in [6.45, 7) is 6.96. The molecule has 1 aromatic carbocycles. The molecule has 0 atom stereocenters. The highest BCUT2D eigenvalue weighted by atomic mass is 16.5. The third kappa shape index (κ3) is 2.63. The Hall–Kier alpha value is -1.81. The zero-order chi connectivity index (χ0) is 14.0. The van der Waals surface area contributed by atoms with Gasteiger partial charge < -0.3 is 15.5 Å². The van der Waals surface area contributed by atoms with Gasteiger partial charge >= 0.3 is 0 Å². The smallest absolute Gasteiger partial charge is 0.122 e. The molecule has 4 heteroatoms. The number of nitrogens with two attached hydrogens (primary N) is 1. The van der Waals surface area contributed by atoms with Gasteiger partial charge in [-0.05, 0) is 23.6 Å². The molecule has 0 saturated carbocycles.